The first-order valence-electron chi connectivity index (χ1n) is 15.3. The van der Waals surface area contributed by atoms with E-state index in [1.807, 2.05) is 48.5 Å². The van der Waals surface area contributed by atoms with Crippen LogP contribution in [0.2, 0.25) is 0 Å². The third kappa shape index (κ3) is 7.06. The normalized spacial score (nSPS) is 19.1. The predicted octanol–water partition coefficient (Wildman–Crippen LogP) is 4.87. The zero-order valence-electron chi connectivity index (χ0n) is 25.2. The van der Waals surface area contributed by atoms with Gasteiger partial charge in [-0.05, 0) is 71.6 Å². The van der Waals surface area contributed by atoms with Crippen molar-refractivity contribution in [3.63, 3.8) is 0 Å². The van der Waals surface area contributed by atoms with Gasteiger partial charge in [0, 0.05) is 20.0 Å². The molecule has 0 saturated carbocycles. The molecule has 0 bridgehead atoms. The maximum absolute atomic E-state index is 13.6. The van der Waals surface area contributed by atoms with Gasteiger partial charge in [-0.25, -0.2) is 21.6 Å². The van der Waals surface area contributed by atoms with Gasteiger partial charge in [0.25, 0.3) is 0 Å². The first-order chi connectivity index (χ1) is 21.6. The number of benzene rings is 4. The number of nitrogens with one attached hydrogen (secondary N) is 2. The number of anilines is 1. The van der Waals surface area contributed by atoms with Crippen molar-refractivity contribution in [2.45, 2.75) is 49.2 Å². The molecule has 2 aliphatic heterocycles. The fourth-order valence-corrected chi connectivity index (χ4v) is 8.88. The van der Waals surface area contributed by atoms with Gasteiger partial charge in [0.05, 0.1) is 28.4 Å². The molecule has 0 radical (unpaired) electrons. The van der Waals surface area contributed by atoms with Crippen molar-refractivity contribution >= 4 is 42.4 Å². The number of carbonyl (C=O) groups is 1. The predicted molar refractivity (Wildman–Crippen MR) is 177 cm³/mol. The van der Waals surface area contributed by atoms with Gasteiger partial charge in [-0.3, -0.25) is 14.0 Å². The molecule has 11 heteroatoms. The number of piperidine rings is 1. The Morgan fingerprint density at radius 1 is 0.889 bits per heavy atom. The Kier molecular flexibility index (Phi) is 8.96. The molecule has 2 N–H and O–H groups in total. The van der Waals surface area contributed by atoms with Gasteiger partial charge in [0.1, 0.15) is 0 Å². The monoisotopic (exact) mass is 646 g/mol. The van der Waals surface area contributed by atoms with Crippen LogP contribution < -0.4 is 14.3 Å². The second-order valence-corrected chi connectivity index (χ2v) is 15.7. The van der Waals surface area contributed by atoms with E-state index >= 15 is 0 Å². The van der Waals surface area contributed by atoms with Crippen molar-refractivity contribution in [3.05, 3.63) is 108 Å². The summed E-state index contributed by atoms with van der Waals surface area (Å²) in [7, 11) is -6.15. The van der Waals surface area contributed by atoms with Crippen LogP contribution in [0, 0.1) is 0 Å². The summed E-state index contributed by atoms with van der Waals surface area (Å²) in [6.45, 7) is 2.79. The van der Waals surface area contributed by atoms with E-state index in [9.17, 15) is 21.6 Å². The minimum Gasteiger partial charge on any atom is -0.348 e. The van der Waals surface area contributed by atoms with Gasteiger partial charge in [-0.15, -0.1) is 0 Å². The summed E-state index contributed by atoms with van der Waals surface area (Å²) >= 11 is 0. The van der Waals surface area contributed by atoms with Crippen LogP contribution in [-0.4, -0.2) is 53.5 Å². The SMILES string of the molecule is CN1c2cc(CN3CCCCC3)ccc2[C@H](NC(=O)CC(NS(=O)(=O)c2ccc3ccccc3c2)c2ccccc2)CS1(=O)=O. The van der Waals surface area contributed by atoms with Crippen LogP contribution in [0.5, 0.6) is 0 Å². The molecule has 236 valence electrons. The van der Waals surface area contributed by atoms with Crippen LogP contribution in [0.4, 0.5) is 5.69 Å². The van der Waals surface area contributed by atoms with E-state index in [-0.39, 0.29) is 17.1 Å². The number of fused-ring (bicyclic) bond motifs is 2. The van der Waals surface area contributed by atoms with Crippen molar-refractivity contribution in [2.24, 2.45) is 0 Å². The third-order valence-corrected chi connectivity index (χ3v) is 12.0. The van der Waals surface area contributed by atoms with Crippen LogP contribution in [0.15, 0.2) is 95.9 Å². The fraction of sp³-hybridized carbons (Fsp3) is 0.324. The third-order valence-electron chi connectivity index (χ3n) is 8.71. The summed E-state index contributed by atoms with van der Waals surface area (Å²) in [5.41, 5.74) is 2.92. The molecule has 2 aliphatic rings. The Morgan fingerprint density at radius 2 is 1.60 bits per heavy atom. The fourth-order valence-electron chi connectivity index (χ4n) is 6.25. The number of hydrogen-bond acceptors (Lipinski definition) is 6. The van der Waals surface area contributed by atoms with Gasteiger partial charge >= 0.3 is 0 Å². The maximum Gasteiger partial charge on any atom is 0.241 e. The molecule has 0 spiro atoms. The van der Waals surface area contributed by atoms with Crippen LogP contribution in [-0.2, 0) is 31.4 Å². The number of hydrogen-bond donors (Lipinski definition) is 2. The Morgan fingerprint density at radius 3 is 2.36 bits per heavy atom. The Bertz CT molecular complexity index is 1910. The molecular formula is C34H38N4O5S2. The number of nitrogens with zero attached hydrogens (tertiary/aromatic N) is 2. The second-order valence-electron chi connectivity index (χ2n) is 11.9. The van der Waals surface area contributed by atoms with Gasteiger partial charge < -0.3 is 5.32 Å². The van der Waals surface area contributed by atoms with Crippen LogP contribution in [0.25, 0.3) is 10.8 Å². The lowest BCUT2D eigenvalue weighted by Gasteiger charge is -2.34. The summed E-state index contributed by atoms with van der Waals surface area (Å²) in [4.78, 5) is 16.0. The summed E-state index contributed by atoms with van der Waals surface area (Å²) in [6.07, 6.45) is 3.34. The highest BCUT2D eigenvalue weighted by Gasteiger charge is 2.35. The lowest BCUT2D eigenvalue weighted by Crippen LogP contribution is -2.44. The van der Waals surface area contributed by atoms with Crippen molar-refractivity contribution < 1.29 is 21.6 Å². The lowest BCUT2D eigenvalue weighted by atomic mass is 10.0. The van der Waals surface area contributed by atoms with E-state index in [1.54, 1.807) is 49.5 Å². The smallest absolute Gasteiger partial charge is 0.241 e. The molecule has 2 atom stereocenters. The lowest BCUT2D eigenvalue weighted by molar-refractivity contribution is -0.122. The molecule has 4 aromatic rings. The number of likely N-dealkylation sites (tertiary alicyclic amines) is 1. The summed E-state index contributed by atoms with van der Waals surface area (Å²) < 4.78 is 57.5. The number of amides is 1. The second kappa shape index (κ2) is 12.9. The highest BCUT2D eigenvalue weighted by molar-refractivity contribution is 7.92. The highest BCUT2D eigenvalue weighted by atomic mass is 32.2. The average molecular weight is 647 g/mol. The molecule has 1 saturated heterocycles. The molecule has 1 amide bonds. The number of sulfonamides is 2. The maximum atomic E-state index is 13.6. The molecule has 0 aromatic heterocycles. The van der Waals surface area contributed by atoms with Crippen LogP contribution in [0.3, 0.4) is 0 Å². The van der Waals surface area contributed by atoms with Crippen LogP contribution in [0.1, 0.15) is 54.5 Å². The number of carbonyl (C=O) groups excluding carboxylic acids is 1. The van der Waals surface area contributed by atoms with E-state index in [2.05, 4.69) is 14.9 Å². The van der Waals surface area contributed by atoms with E-state index in [0.29, 0.717) is 11.3 Å². The first kappa shape index (κ1) is 31.2. The Hall–Kier alpha value is -3.77. The zero-order chi connectivity index (χ0) is 31.6. The van der Waals surface area contributed by atoms with E-state index in [4.69, 9.17) is 0 Å². The minimum atomic E-state index is -4.01. The number of rotatable bonds is 9. The van der Waals surface area contributed by atoms with Crippen molar-refractivity contribution in [1.29, 1.82) is 0 Å². The average Bonchev–Trinajstić information content (AvgIpc) is 3.03. The Balaban J connectivity index is 1.23. The Labute approximate surface area is 265 Å². The molecule has 6 rings (SSSR count). The molecule has 2 heterocycles. The standard InChI is InChI=1S/C34H38N4O5S2/c1-37-33-20-25(23-38-18-8-3-9-19-38)14-17-30(33)32(24-44(37,40)41)35-34(39)22-31(27-11-4-2-5-12-27)36-45(42,43)29-16-15-26-10-6-7-13-28(26)21-29/h2,4-7,10-17,20-21,31-32,36H,3,8-9,18-19,22-24H2,1H3,(H,35,39)/t31?,32-/m1/s1. The molecule has 4 aromatic carbocycles. The van der Waals surface area contributed by atoms with E-state index < -0.39 is 38.0 Å². The van der Waals surface area contributed by atoms with E-state index in [0.717, 1.165) is 54.4 Å². The summed E-state index contributed by atoms with van der Waals surface area (Å²) in [5, 5.41) is 4.62. The first-order valence-corrected chi connectivity index (χ1v) is 18.4. The quantitative estimate of drug-likeness (QED) is 0.268. The van der Waals surface area contributed by atoms with E-state index in [1.165, 1.54) is 10.7 Å². The minimum absolute atomic E-state index is 0.0956. The van der Waals surface area contributed by atoms with Gasteiger partial charge in [-0.2, -0.15) is 0 Å². The van der Waals surface area contributed by atoms with Crippen LogP contribution >= 0.6 is 0 Å². The van der Waals surface area contributed by atoms with Crippen molar-refractivity contribution in [2.75, 3.05) is 30.2 Å². The molecule has 45 heavy (non-hydrogen) atoms. The highest BCUT2D eigenvalue weighted by Crippen LogP contribution is 2.36. The zero-order valence-corrected chi connectivity index (χ0v) is 26.9. The molecule has 1 unspecified atom stereocenters. The van der Waals surface area contributed by atoms with Gasteiger partial charge in [0.2, 0.25) is 26.0 Å². The molecule has 1 fully saturated rings. The van der Waals surface area contributed by atoms with Gasteiger partial charge in [-0.1, -0.05) is 79.2 Å². The molecule has 9 nitrogen and oxygen atoms in total. The largest absolute Gasteiger partial charge is 0.348 e. The summed E-state index contributed by atoms with van der Waals surface area (Å²) in [5.74, 6) is -0.745. The summed E-state index contributed by atoms with van der Waals surface area (Å²) in [6, 6.07) is 25.5. The van der Waals surface area contributed by atoms with Crippen molar-refractivity contribution in [3.8, 4) is 0 Å². The molecular weight excluding hydrogens is 609 g/mol. The molecule has 0 aliphatic carbocycles. The van der Waals surface area contributed by atoms with Gasteiger partial charge in [0.15, 0.2) is 0 Å². The van der Waals surface area contributed by atoms with Crippen molar-refractivity contribution in [1.82, 2.24) is 14.9 Å². The topological polar surface area (TPSA) is 116 Å².